The monoisotopic (exact) mass is 397 g/mol. The maximum Gasteiger partial charge on any atom is 0.297 e. The van der Waals surface area contributed by atoms with Crippen LogP contribution in [0.5, 0.6) is 5.75 Å². The normalized spacial score (nSPS) is 11.1. The Kier molecular flexibility index (Phi) is 6.45. The first-order valence-electron chi connectivity index (χ1n) is 7.29. The van der Waals surface area contributed by atoms with Crippen molar-refractivity contribution >= 4 is 43.4 Å². The van der Waals surface area contributed by atoms with Crippen molar-refractivity contribution in [1.29, 1.82) is 0 Å². The molecule has 1 heterocycles. The second-order valence-electron chi connectivity index (χ2n) is 5.23. The molecule has 25 heavy (non-hydrogen) atoms. The minimum Gasteiger partial charge on any atom is -0.744 e. The van der Waals surface area contributed by atoms with Gasteiger partial charge in [0.25, 0.3) is 4.34 Å². The molecule has 0 amide bonds. The number of aryl methyl sites for hydroxylation is 2. The molecule has 1 aromatic heterocycles. The number of benzene rings is 2. The predicted octanol–water partition coefficient (Wildman–Crippen LogP) is 3.36. The Morgan fingerprint density at radius 1 is 1.16 bits per heavy atom. The van der Waals surface area contributed by atoms with Gasteiger partial charge in [0, 0.05) is 0 Å². The smallest absolute Gasteiger partial charge is 0.297 e. The third-order valence-corrected chi connectivity index (χ3v) is 6.72. The van der Waals surface area contributed by atoms with Crippen molar-refractivity contribution in [2.45, 2.75) is 16.2 Å². The average Bonchev–Trinajstić information content (AvgIpc) is 2.90. The number of methoxy groups -OCH3 is 1. The number of thiazole rings is 1. The lowest BCUT2D eigenvalue weighted by atomic mass is 10.2. The molecule has 0 atom stereocenters. The van der Waals surface area contributed by atoms with Gasteiger partial charge < -0.3 is 9.29 Å². The van der Waals surface area contributed by atoms with Crippen molar-refractivity contribution in [3.05, 3.63) is 48.0 Å². The standard InChI is InChI=1S/C10H12NOS2.C7H8O3S/c1-11-8-6-7(12-2)4-5-9(8)14-10(11)13-3;1-6-2-4-7(5-3-6)11(8,9)10/h4-6H,1-3H3;2-5H,1H3,(H,8,9,10)/q+1;/p-1. The predicted molar refractivity (Wildman–Crippen MR) is 100 cm³/mol. The number of nitrogens with zero attached hydrogens (tertiary/aromatic N) is 1. The van der Waals surface area contributed by atoms with Gasteiger partial charge in [0.05, 0.1) is 18.1 Å². The summed E-state index contributed by atoms with van der Waals surface area (Å²) < 4.78 is 41.2. The van der Waals surface area contributed by atoms with Crippen LogP contribution in [-0.2, 0) is 17.2 Å². The zero-order valence-corrected chi connectivity index (χ0v) is 16.8. The zero-order chi connectivity index (χ0) is 18.6. The van der Waals surface area contributed by atoms with Crippen LogP contribution < -0.4 is 9.30 Å². The van der Waals surface area contributed by atoms with E-state index >= 15 is 0 Å². The minimum atomic E-state index is -4.27. The highest BCUT2D eigenvalue weighted by Crippen LogP contribution is 2.28. The van der Waals surface area contributed by atoms with Gasteiger partial charge in [0.15, 0.2) is 0 Å². The van der Waals surface area contributed by atoms with Gasteiger partial charge in [-0.25, -0.2) is 8.42 Å². The Bertz CT molecular complexity index is 963. The SMILES string of the molecule is COc1ccc2sc(SC)[n+](C)c2c1.Cc1ccc(S(=O)(=O)[O-])cc1. The van der Waals surface area contributed by atoms with E-state index in [-0.39, 0.29) is 4.90 Å². The first kappa shape index (κ1) is 19.7. The van der Waals surface area contributed by atoms with Crippen LogP contribution in [0.2, 0.25) is 0 Å². The maximum atomic E-state index is 10.4. The quantitative estimate of drug-likeness (QED) is 0.385. The third kappa shape index (κ3) is 4.94. The lowest BCUT2D eigenvalue weighted by molar-refractivity contribution is -0.676. The number of thioether (sulfide) groups is 1. The molecule has 0 bridgehead atoms. The molecule has 0 spiro atoms. The lowest BCUT2D eigenvalue weighted by Crippen LogP contribution is -2.27. The summed E-state index contributed by atoms with van der Waals surface area (Å²) in [6, 6.07) is 12.0. The van der Waals surface area contributed by atoms with Crippen molar-refractivity contribution < 1.29 is 22.3 Å². The Morgan fingerprint density at radius 3 is 2.32 bits per heavy atom. The largest absolute Gasteiger partial charge is 0.744 e. The lowest BCUT2D eigenvalue weighted by Gasteiger charge is -2.05. The van der Waals surface area contributed by atoms with E-state index in [9.17, 15) is 13.0 Å². The highest BCUT2D eigenvalue weighted by molar-refractivity contribution is 8.00. The Balaban J connectivity index is 0.000000186. The van der Waals surface area contributed by atoms with Gasteiger partial charge in [-0.15, -0.1) is 0 Å². The fourth-order valence-electron chi connectivity index (χ4n) is 2.12. The van der Waals surface area contributed by atoms with Crippen LogP contribution in [-0.4, -0.2) is 26.3 Å². The van der Waals surface area contributed by atoms with Crippen LogP contribution in [0.3, 0.4) is 0 Å². The van der Waals surface area contributed by atoms with Crippen LogP contribution >= 0.6 is 23.1 Å². The Labute approximate surface area is 156 Å². The Hall–Kier alpha value is -1.61. The van der Waals surface area contributed by atoms with Gasteiger partial charge >= 0.3 is 0 Å². The first-order valence-corrected chi connectivity index (χ1v) is 10.7. The highest BCUT2D eigenvalue weighted by Gasteiger charge is 2.16. The van der Waals surface area contributed by atoms with E-state index in [4.69, 9.17) is 4.74 Å². The highest BCUT2D eigenvalue weighted by atomic mass is 32.2. The van der Waals surface area contributed by atoms with Gasteiger partial charge in [-0.3, -0.25) is 0 Å². The molecule has 0 aliphatic heterocycles. The number of hydrogen-bond acceptors (Lipinski definition) is 6. The molecule has 0 saturated heterocycles. The van der Waals surface area contributed by atoms with Crippen molar-refractivity contribution in [2.75, 3.05) is 13.4 Å². The molecule has 0 radical (unpaired) electrons. The first-order chi connectivity index (χ1) is 11.8. The summed E-state index contributed by atoms with van der Waals surface area (Å²) in [6.07, 6.45) is 2.10. The average molecular weight is 398 g/mol. The summed E-state index contributed by atoms with van der Waals surface area (Å²) in [5, 5.41) is 0. The van der Waals surface area contributed by atoms with Crippen LogP contribution in [0.25, 0.3) is 10.2 Å². The fourth-order valence-corrected chi connectivity index (χ4v) is 4.42. The van der Waals surface area contributed by atoms with Gasteiger partial charge in [0.1, 0.15) is 27.6 Å². The van der Waals surface area contributed by atoms with E-state index in [1.165, 1.54) is 26.7 Å². The summed E-state index contributed by atoms with van der Waals surface area (Å²) in [5.74, 6) is 0.915. The molecule has 3 rings (SSSR count). The molecule has 0 aliphatic carbocycles. The van der Waals surface area contributed by atoms with Gasteiger partial charge in [-0.2, -0.15) is 4.57 Å². The molecule has 0 N–H and O–H groups in total. The molecule has 0 unspecified atom stereocenters. The molecule has 2 aromatic carbocycles. The van der Waals surface area contributed by atoms with Crippen LogP contribution in [0.1, 0.15) is 5.56 Å². The van der Waals surface area contributed by atoms with E-state index in [0.717, 1.165) is 11.3 Å². The summed E-state index contributed by atoms with van der Waals surface area (Å²) in [7, 11) is -0.485. The van der Waals surface area contributed by atoms with E-state index in [0.29, 0.717) is 0 Å². The number of hydrogen-bond donors (Lipinski definition) is 0. The zero-order valence-electron chi connectivity index (χ0n) is 14.3. The molecular weight excluding hydrogens is 378 g/mol. The van der Waals surface area contributed by atoms with E-state index < -0.39 is 10.1 Å². The van der Waals surface area contributed by atoms with Crippen molar-refractivity contribution in [2.24, 2.45) is 7.05 Å². The minimum absolute atomic E-state index is 0.178. The maximum absolute atomic E-state index is 10.4. The van der Waals surface area contributed by atoms with Crippen molar-refractivity contribution in [3.8, 4) is 5.75 Å². The van der Waals surface area contributed by atoms with Crippen LogP contribution in [0, 0.1) is 6.92 Å². The Morgan fingerprint density at radius 2 is 1.80 bits per heavy atom. The van der Waals surface area contributed by atoms with Crippen LogP contribution in [0.15, 0.2) is 51.7 Å². The molecule has 0 saturated carbocycles. The summed E-state index contributed by atoms with van der Waals surface area (Å²) in [4.78, 5) is -0.178. The molecule has 8 heteroatoms. The van der Waals surface area contributed by atoms with Crippen molar-refractivity contribution in [3.63, 3.8) is 0 Å². The van der Waals surface area contributed by atoms with Crippen molar-refractivity contribution in [1.82, 2.24) is 0 Å². The van der Waals surface area contributed by atoms with E-state index in [1.807, 2.05) is 24.3 Å². The number of fused-ring (bicyclic) bond motifs is 1. The molecular formula is C17H19NO4S3. The van der Waals surface area contributed by atoms with E-state index in [2.05, 4.69) is 30.0 Å². The fraction of sp³-hybridized carbons (Fsp3) is 0.235. The second kappa shape index (κ2) is 8.18. The van der Waals surface area contributed by atoms with Gasteiger partial charge in [0.2, 0.25) is 5.52 Å². The summed E-state index contributed by atoms with van der Waals surface area (Å²) >= 11 is 3.59. The number of ether oxygens (including phenoxy) is 1. The topological polar surface area (TPSA) is 70.3 Å². The molecule has 3 aromatic rings. The molecule has 134 valence electrons. The molecule has 5 nitrogen and oxygen atoms in total. The second-order valence-corrected chi connectivity index (χ2v) is 8.70. The molecule has 0 aliphatic rings. The third-order valence-electron chi connectivity index (χ3n) is 3.48. The van der Waals surface area contributed by atoms with E-state index in [1.54, 1.807) is 31.0 Å². The molecule has 0 fully saturated rings. The summed E-state index contributed by atoms with van der Waals surface area (Å²) in [5.41, 5.74) is 2.16. The van der Waals surface area contributed by atoms with Gasteiger partial charge in [-0.05, 0) is 49.2 Å². The van der Waals surface area contributed by atoms with Gasteiger partial charge in [-0.1, -0.05) is 29.0 Å². The number of rotatable bonds is 3. The summed E-state index contributed by atoms with van der Waals surface area (Å²) in [6.45, 7) is 1.82. The number of aromatic nitrogens is 1. The van der Waals surface area contributed by atoms with Crippen LogP contribution in [0.4, 0.5) is 0 Å².